The molecule has 28 heavy (non-hydrogen) atoms. The number of rotatable bonds is 6. The molecule has 1 aliphatic heterocycles. The van der Waals surface area contributed by atoms with Crippen LogP contribution in [0, 0.1) is 5.82 Å². The van der Waals surface area contributed by atoms with Crippen molar-refractivity contribution < 1.29 is 18.8 Å². The van der Waals surface area contributed by atoms with Gasteiger partial charge < -0.3 is 10.6 Å². The van der Waals surface area contributed by atoms with Gasteiger partial charge >= 0.3 is 6.03 Å². The van der Waals surface area contributed by atoms with E-state index in [0.717, 1.165) is 0 Å². The fraction of sp³-hybridized carbons (Fsp3) is 0.526. The second-order valence-corrected chi connectivity index (χ2v) is 6.77. The maximum absolute atomic E-state index is 13.3. The summed E-state index contributed by atoms with van der Waals surface area (Å²) in [5.41, 5.74) is 0.422. The van der Waals surface area contributed by atoms with Crippen LogP contribution in [0.15, 0.2) is 24.3 Å². The first-order valence-corrected chi connectivity index (χ1v) is 9.45. The maximum atomic E-state index is 13.3. The van der Waals surface area contributed by atoms with E-state index in [1.54, 1.807) is 32.9 Å². The van der Waals surface area contributed by atoms with Crippen LogP contribution in [0.25, 0.3) is 0 Å². The van der Waals surface area contributed by atoms with Crippen LogP contribution in [0.2, 0.25) is 0 Å². The lowest BCUT2D eigenvalue weighted by Crippen LogP contribution is -2.57. The van der Waals surface area contributed by atoms with E-state index in [9.17, 15) is 18.8 Å². The molecule has 0 saturated carbocycles. The third kappa shape index (κ3) is 6.00. The Balaban J connectivity index is 1.82. The Morgan fingerprint density at radius 1 is 1.04 bits per heavy atom. The van der Waals surface area contributed by atoms with Crippen LogP contribution >= 0.6 is 0 Å². The minimum Gasteiger partial charge on any atom is -0.338 e. The van der Waals surface area contributed by atoms with Gasteiger partial charge in [0.2, 0.25) is 11.8 Å². The number of nitrogens with zero attached hydrogens (tertiary/aromatic N) is 2. The van der Waals surface area contributed by atoms with Gasteiger partial charge in [0.15, 0.2) is 0 Å². The number of amides is 4. The Kier molecular flexibility index (Phi) is 7.89. The number of imide groups is 1. The number of benzene rings is 1. The van der Waals surface area contributed by atoms with Crippen LogP contribution in [0.3, 0.4) is 0 Å². The second kappa shape index (κ2) is 10.1. The zero-order valence-electron chi connectivity index (χ0n) is 16.5. The molecule has 1 aromatic carbocycles. The SMILES string of the molecule is CCNC(=O)NC(=O)C(C)N1CCN(C(C)C(=O)Nc2cccc(F)c2)CC1. The highest BCUT2D eigenvalue weighted by Crippen LogP contribution is 2.13. The van der Waals surface area contributed by atoms with Crippen molar-refractivity contribution >= 4 is 23.5 Å². The number of anilines is 1. The lowest BCUT2D eigenvalue weighted by atomic mass is 10.1. The van der Waals surface area contributed by atoms with Crippen molar-refractivity contribution in [2.75, 3.05) is 38.0 Å². The Morgan fingerprint density at radius 2 is 1.61 bits per heavy atom. The fourth-order valence-electron chi connectivity index (χ4n) is 3.08. The quantitative estimate of drug-likeness (QED) is 0.671. The molecule has 0 aromatic heterocycles. The van der Waals surface area contributed by atoms with E-state index in [0.29, 0.717) is 38.4 Å². The molecule has 0 aliphatic carbocycles. The number of hydrogen-bond donors (Lipinski definition) is 3. The van der Waals surface area contributed by atoms with Gasteiger partial charge in [-0.3, -0.25) is 24.7 Å². The van der Waals surface area contributed by atoms with Crippen LogP contribution < -0.4 is 16.0 Å². The summed E-state index contributed by atoms with van der Waals surface area (Å²) in [5, 5.41) is 7.57. The predicted octanol–water partition coefficient (Wildman–Crippen LogP) is 1.00. The fourth-order valence-corrected chi connectivity index (χ4v) is 3.08. The third-order valence-corrected chi connectivity index (χ3v) is 4.87. The van der Waals surface area contributed by atoms with E-state index < -0.39 is 17.9 Å². The number of hydrogen-bond acceptors (Lipinski definition) is 5. The highest BCUT2D eigenvalue weighted by molar-refractivity contribution is 5.96. The second-order valence-electron chi connectivity index (χ2n) is 6.77. The average molecular weight is 393 g/mol. The van der Waals surface area contributed by atoms with Crippen LogP contribution in [-0.4, -0.2) is 72.5 Å². The number of urea groups is 1. The molecule has 2 atom stereocenters. The summed E-state index contributed by atoms with van der Waals surface area (Å²) in [4.78, 5) is 40.1. The molecule has 0 radical (unpaired) electrons. The molecule has 1 saturated heterocycles. The summed E-state index contributed by atoms with van der Waals surface area (Å²) in [6, 6.07) is 4.45. The lowest BCUT2D eigenvalue weighted by molar-refractivity contribution is -0.127. The van der Waals surface area contributed by atoms with Crippen molar-refractivity contribution in [1.82, 2.24) is 20.4 Å². The van der Waals surface area contributed by atoms with Gasteiger partial charge in [0.25, 0.3) is 0 Å². The largest absolute Gasteiger partial charge is 0.338 e. The number of nitrogens with one attached hydrogen (secondary N) is 3. The first kappa shape index (κ1) is 21.8. The highest BCUT2D eigenvalue weighted by Gasteiger charge is 2.30. The van der Waals surface area contributed by atoms with Crippen molar-refractivity contribution in [1.29, 1.82) is 0 Å². The molecular formula is C19H28FN5O3. The molecule has 1 heterocycles. The van der Waals surface area contributed by atoms with Gasteiger partial charge in [-0.25, -0.2) is 9.18 Å². The number of carbonyl (C=O) groups excluding carboxylic acids is 3. The number of halogens is 1. The first-order chi connectivity index (χ1) is 13.3. The summed E-state index contributed by atoms with van der Waals surface area (Å²) in [6.07, 6.45) is 0. The molecule has 1 aliphatic rings. The lowest BCUT2D eigenvalue weighted by Gasteiger charge is -2.39. The molecule has 2 rings (SSSR count). The Bertz CT molecular complexity index is 707. The average Bonchev–Trinajstić information content (AvgIpc) is 2.67. The highest BCUT2D eigenvalue weighted by atomic mass is 19.1. The van der Waals surface area contributed by atoms with Gasteiger partial charge in [0.1, 0.15) is 5.82 Å². The summed E-state index contributed by atoms with van der Waals surface area (Å²) in [5.74, 6) is -0.962. The zero-order valence-corrected chi connectivity index (χ0v) is 16.5. The molecule has 4 amide bonds. The van der Waals surface area contributed by atoms with Crippen LogP contribution in [0.1, 0.15) is 20.8 Å². The van der Waals surface area contributed by atoms with Crippen LogP contribution in [0.4, 0.5) is 14.9 Å². The molecule has 0 spiro atoms. The standard InChI is InChI=1S/C19H28FN5O3/c1-4-21-19(28)23-18(27)14(3)25-10-8-24(9-11-25)13(2)17(26)22-16-7-5-6-15(20)12-16/h5-7,12-14H,4,8-11H2,1-3H3,(H,22,26)(H2,21,23,27,28). The van der Waals surface area contributed by atoms with E-state index in [4.69, 9.17) is 0 Å². The van der Waals surface area contributed by atoms with Gasteiger partial charge in [-0.1, -0.05) is 6.07 Å². The van der Waals surface area contributed by atoms with Crippen molar-refractivity contribution in [3.8, 4) is 0 Å². The normalized spacial score (nSPS) is 17.4. The summed E-state index contributed by atoms with van der Waals surface area (Å²) >= 11 is 0. The molecule has 154 valence electrons. The van der Waals surface area contributed by atoms with Crippen LogP contribution in [-0.2, 0) is 9.59 Å². The van der Waals surface area contributed by atoms with Gasteiger partial charge in [0.05, 0.1) is 12.1 Å². The Hall–Kier alpha value is -2.52. The van der Waals surface area contributed by atoms with Crippen LogP contribution in [0.5, 0.6) is 0 Å². The molecule has 1 fully saturated rings. The molecule has 9 heteroatoms. The van der Waals surface area contributed by atoms with Crippen molar-refractivity contribution in [3.05, 3.63) is 30.1 Å². The molecule has 3 N–H and O–H groups in total. The Labute approximate surface area is 164 Å². The van der Waals surface area contributed by atoms with E-state index in [1.807, 2.05) is 9.80 Å². The molecular weight excluding hydrogens is 365 g/mol. The molecule has 8 nitrogen and oxygen atoms in total. The molecule has 1 aromatic rings. The summed E-state index contributed by atoms with van der Waals surface area (Å²) in [6.45, 7) is 8.19. The van der Waals surface area contributed by atoms with Crippen molar-refractivity contribution in [2.24, 2.45) is 0 Å². The van der Waals surface area contributed by atoms with Gasteiger partial charge in [0, 0.05) is 38.4 Å². The van der Waals surface area contributed by atoms with E-state index in [-0.39, 0.29) is 17.9 Å². The third-order valence-electron chi connectivity index (χ3n) is 4.87. The van der Waals surface area contributed by atoms with E-state index >= 15 is 0 Å². The topological polar surface area (TPSA) is 93.8 Å². The van der Waals surface area contributed by atoms with Gasteiger partial charge in [-0.05, 0) is 39.0 Å². The minimum absolute atomic E-state index is 0.207. The molecule has 2 unspecified atom stereocenters. The zero-order chi connectivity index (χ0) is 20.7. The van der Waals surface area contributed by atoms with Gasteiger partial charge in [-0.15, -0.1) is 0 Å². The first-order valence-electron chi connectivity index (χ1n) is 9.45. The van der Waals surface area contributed by atoms with Gasteiger partial charge in [-0.2, -0.15) is 0 Å². The monoisotopic (exact) mass is 393 g/mol. The molecule has 0 bridgehead atoms. The summed E-state index contributed by atoms with van der Waals surface area (Å²) in [7, 11) is 0. The Morgan fingerprint density at radius 3 is 2.14 bits per heavy atom. The number of piperazine rings is 1. The number of carbonyl (C=O) groups is 3. The van der Waals surface area contributed by atoms with E-state index in [2.05, 4.69) is 16.0 Å². The minimum atomic E-state index is -0.499. The predicted molar refractivity (Wildman–Crippen MR) is 104 cm³/mol. The van der Waals surface area contributed by atoms with E-state index in [1.165, 1.54) is 12.1 Å². The summed E-state index contributed by atoms with van der Waals surface area (Å²) < 4.78 is 13.3. The van der Waals surface area contributed by atoms with Crippen molar-refractivity contribution in [3.63, 3.8) is 0 Å². The maximum Gasteiger partial charge on any atom is 0.321 e. The smallest absolute Gasteiger partial charge is 0.321 e. The van der Waals surface area contributed by atoms with Crippen molar-refractivity contribution in [2.45, 2.75) is 32.9 Å².